The predicted molar refractivity (Wildman–Crippen MR) is 59.6 cm³/mol. The van der Waals surface area contributed by atoms with Gasteiger partial charge in [0.25, 0.3) is 0 Å². The molecular weight excluding hydrogens is 192 g/mol. The van der Waals surface area contributed by atoms with Gasteiger partial charge in [-0.05, 0) is 19.9 Å². The number of aromatic nitrogens is 2. The fourth-order valence-electron chi connectivity index (χ4n) is 1.13. The van der Waals surface area contributed by atoms with Crippen molar-refractivity contribution in [3.8, 4) is 0 Å². The average molecular weight is 210 g/mol. The summed E-state index contributed by atoms with van der Waals surface area (Å²) < 4.78 is 0. The average Bonchev–Trinajstić information content (AvgIpc) is 2.27. The number of hydrogen-bond acceptors (Lipinski definition) is 5. The zero-order valence-corrected chi connectivity index (χ0v) is 9.03. The summed E-state index contributed by atoms with van der Waals surface area (Å²) >= 11 is 0. The summed E-state index contributed by atoms with van der Waals surface area (Å²) in [7, 11) is 0. The fraction of sp³-hybridized carbons (Fsp3) is 0.600. The summed E-state index contributed by atoms with van der Waals surface area (Å²) in [5.41, 5.74) is 1.05. The maximum Gasteiger partial charge on any atom is 0.222 e. The van der Waals surface area contributed by atoms with Crippen molar-refractivity contribution >= 4 is 5.95 Å². The maximum absolute atomic E-state index is 8.59. The van der Waals surface area contributed by atoms with Crippen LogP contribution in [-0.4, -0.2) is 34.8 Å². The van der Waals surface area contributed by atoms with Crippen LogP contribution in [0.25, 0.3) is 0 Å². The third kappa shape index (κ3) is 4.71. The number of anilines is 1. The molecule has 0 amide bonds. The summed E-state index contributed by atoms with van der Waals surface area (Å²) in [6, 6.07) is 0. The minimum atomic E-state index is 0.225. The number of nitrogens with zero attached hydrogens (tertiary/aromatic N) is 2. The summed E-state index contributed by atoms with van der Waals surface area (Å²) in [5, 5.41) is 14.8. The second-order valence-corrected chi connectivity index (χ2v) is 3.20. The Morgan fingerprint density at radius 3 is 2.67 bits per heavy atom. The summed E-state index contributed by atoms with van der Waals surface area (Å²) in [6.45, 7) is 4.61. The Hall–Kier alpha value is -1.20. The Bertz CT molecular complexity index is 263. The third-order valence-electron chi connectivity index (χ3n) is 1.88. The van der Waals surface area contributed by atoms with Crippen molar-refractivity contribution in [2.75, 3.05) is 25.0 Å². The first-order chi connectivity index (χ1) is 7.36. The van der Waals surface area contributed by atoms with Crippen LogP contribution in [0.5, 0.6) is 0 Å². The van der Waals surface area contributed by atoms with Gasteiger partial charge in [-0.3, -0.25) is 0 Å². The Morgan fingerprint density at radius 1 is 1.33 bits per heavy atom. The predicted octanol–water partition coefficient (Wildman–Crippen LogP) is 0.380. The quantitative estimate of drug-likeness (QED) is 0.568. The van der Waals surface area contributed by atoms with E-state index in [4.69, 9.17) is 5.11 Å². The number of aliphatic hydroxyl groups is 1. The third-order valence-corrected chi connectivity index (χ3v) is 1.88. The minimum absolute atomic E-state index is 0.225. The van der Waals surface area contributed by atoms with Gasteiger partial charge in [0.05, 0.1) is 0 Å². The normalized spacial score (nSPS) is 10.3. The second-order valence-electron chi connectivity index (χ2n) is 3.20. The van der Waals surface area contributed by atoms with Gasteiger partial charge in [0, 0.05) is 37.7 Å². The molecule has 15 heavy (non-hydrogen) atoms. The molecule has 1 aromatic rings. The lowest BCUT2D eigenvalue weighted by Crippen LogP contribution is -2.16. The van der Waals surface area contributed by atoms with Gasteiger partial charge >= 0.3 is 0 Å². The smallest absolute Gasteiger partial charge is 0.222 e. The fourth-order valence-corrected chi connectivity index (χ4v) is 1.13. The largest absolute Gasteiger partial charge is 0.396 e. The molecule has 84 valence electrons. The summed E-state index contributed by atoms with van der Waals surface area (Å²) in [4.78, 5) is 8.31. The molecule has 0 saturated carbocycles. The molecule has 1 rings (SSSR count). The van der Waals surface area contributed by atoms with Crippen molar-refractivity contribution in [1.29, 1.82) is 0 Å². The molecule has 1 heterocycles. The molecular formula is C10H18N4O. The molecule has 0 aliphatic carbocycles. The molecule has 5 nitrogen and oxygen atoms in total. The highest BCUT2D eigenvalue weighted by Gasteiger charge is 1.95. The zero-order valence-electron chi connectivity index (χ0n) is 9.03. The van der Waals surface area contributed by atoms with Crippen molar-refractivity contribution in [2.24, 2.45) is 0 Å². The van der Waals surface area contributed by atoms with E-state index in [2.05, 4.69) is 20.6 Å². The SMILES string of the molecule is CCNc1ncc(CNCCCO)cn1. The first kappa shape index (κ1) is 11.9. The molecule has 0 aliphatic rings. The van der Waals surface area contributed by atoms with Crippen molar-refractivity contribution in [3.63, 3.8) is 0 Å². The van der Waals surface area contributed by atoms with E-state index < -0.39 is 0 Å². The van der Waals surface area contributed by atoms with Gasteiger partial charge < -0.3 is 15.7 Å². The van der Waals surface area contributed by atoms with Crippen LogP contribution in [-0.2, 0) is 6.54 Å². The van der Waals surface area contributed by atoms with E-state index in [1.54, 1.807) is 12.4 Å². The molecule has 0 saturated heterocycles. The second kappa shape index (κ2) is 7.14. The van der Waals surface area contributed by atoms with Crippen LogP contribution in [0.1, 0.15) is 18.9 Å². The summed E-state index contributed by atoms with van der Waals surface area (Å²) in [5.74, 6) is 0.664. The molecule has 5 heteroatoms. The molecule has 1 aromatic heterocycles. The van der Waals surface area contributed by atoms with Gasteiger partial charge in [0.15, 0.2) is 0 Å². The van der Waals surface area contributed by atoms with Gasteiger partial charge in [-0.1, -0.05) is 0 Å². The van der Waals surface area contributed by atoms with E-state index in [9.17, 15) is 0 Å². The molecule has 0 fully saturated rings. The van der Waals surface area contributed by atoms with Gasteiger partial charge in [-0.2, -0.15) is 0 Å². The van der Waals surface area contributed by atoms with E-state index in [-0.39, 0.29) is 6.61 Å². The van der Waals surface area contributed by atoms with Crippen LogP contribution >= 0.6 is 0 Å². The highest BCUT2D eigenvalue weighted by Crippen LogP contribution is 1.99. The van der Waals surface area contributed by atoms with E-state index in [1.807, 2.05) is 6.92 Å². The molecule has 0 bridgehead atoms. The maximum atomic E-state index is 8.59. The van der Waals surface area contributed by atoms with Gasteiger partial charge in [-0.15, -0.1) is 0 Å². The first-order valence-electron chi connectivity index (χ1n) is 5.23. The van der Waals surface area contributed by atoms with Gasteiger partial charge in [-0.25, -0.2) is 9.97 Å². The minimum Gasteiger partial charge on any atom is -0.396 e. The monoisotopic (exact) mass is 210 g/mol. The first-order valence-corrected chi connectivity index (χ1v) is 5.23. The van der Waals surface area contributed by atoms with Crippen molar-refractivity contribution in [2.45, 2.75) is 19.9 Å². The van der Waals surface area contributed by atoms with Crippen LogP contribution in [0.15, 0.2) is 12.4 Å². The molecule has 0 spiro atoms. The number of hydrogen-bond donors (Lipinski definition) is 3. The lowest BCUT2D eigenvalue weighted by Gasteiger charge is -2.04. The zero-order chi connectivity index (χ0) is 10.9. The molecule has 0 atom stereocenters. The Morgan fingerprint density at radius 2 is 2.07 bits per heavy atom. The van der Waals surface area contributed by atoms with Crippen LogP contribution in [0.2, 0.25) is 0 Å². The van der Waals surface area contributed by atoms with Crippen LogP contribution < -0.4 is 10.6 Å². The number of nitrogens with one attached hydrogen (secondary N) is 2. The topological polar surface area (TPSA) is 70.1 Å². The van der Waals surface area contributed by atoms with Gasteiger partial charge in [0.2, 0.25) is 5.95 Å². The highest BCUT2D eigenvalue weighted by atomic mass is 16.3. The standard InChI is InChI=1S/C10H18N4O/c1-2-12-10-13-7-9(8-14-10)6-11-4-3-5-15/h7-8,11,15H,2-6H2,1H3,(H,12,13,14). The van der Waals surface area contributed by atoms with Crippen LogP contribution in [0, 0.1) is 0 Å². The van der Waals surface area contributed by atoms with Crippen molar-refractivity contribution in [3.05, 3.63) is 18.0 Å². The van der Waals surface area contributed by atoms with E-state index in [0.29, 0.717) is 5.95 Å². The van der Waals surface area contributed by atoms with Crippen molar-refractivity contribution < 1.29 is 5.11 Å². The van der Waals surface area contributed by atoms with Crippen LogP contribution in [0.3, 0.4) is 0 Å². The number of rotatable bonds is 7. The lowest BCUT2D eigenvalue weighted by molar-refractivity contribution is 0.286. The molecule has 0 aromatic carbocycles. The van der Waals surface area contributed by atoms with E-state index in [0.717, 1.165) is 31.6 Å². The van der Waals surface area contributed by atoms with Crippen LogP contribution in [0.4, 0.5) is 5.95 Å². The number of aliphatic hydroxyl groups excluding tert-OH is 1. The Labute approximate surface area is 90.0 Å². The van der Waals surface area contributed by atoms with E-state index >= 15 is 0 Å². The molecule has 3 N–H and O–H groups in total. The highest BCUT2D eigenvalue weighted by molar-refractivity contribution is 5.24. The molecule has 0 aliphatic heterocycles. The lowest BCUT2D eigenvalue weighted by atomic mass is 10.3. The van der Waals surface area contributed by atoms with E-state index in [1.165, 1.54) is 0 Å². The van der Waals surface area contributed by atoms with Crippen molar-refractivity contribution in [1.82, 2.24) is 15.3 Å². The van der Waals surface area contributed by atoms with Gasteiger partial charge in [0.1, 0.15) is 0 Å². The summed E-state index contributed by atoms with van der Waals surface area (Å²) in [6.07, 6.45) is 4.38. The molecule has 0 radical (unpaired) electrons. The molecule has 0 unspecified atom stereocenters. The Kier molecular flexibility index (Phi) is 5.65. The Balaban J connectivity index is 2.29.